The number of benzene rings is 1. The van der Waals surface area contributed by atoms with E-state index in [-0.39, 0.29) is 11.9 Å². The summed E-state index contributed by atoms with van der Waals surface area (Å²) in [5.41, 5.74) is 7.07. The molecule has 0 unspecified atom stereocenters. The third-order valence-electron chi connectivity index (χ3n) is 2.94. The molecule has 0 aliphatic heterocycles. The predicted octanol–water partition coefficient (Wildman–Crippen LogP) is 2.03. The number of carbonyl (C=O) groups is 1. The molecule has 0 heterocycles. The lowest BCUT2D eigenvalue weighted by molar-refractivity contribution is 0.0943. The van der Waals surface area contributed by atoms with E-state index in [4.69, 9.17) is 17.0 Å². The van der Waals surface area contributed by atoms with Crippen LogP contribution in [0.25, 0.3) is 0 Å². The van der Waals surface area contributed by atoms with Crippen LogP contribution < -0.4 is 16.2 Å². The van der Waals surface area contributed by atoms with Crippen LogP contribution in [-0.4, -0.2) is 30.8 Å². The van der Waals surface area contributed by atoms with Crippen LogP contribution in [0.2, 0.25) is 0 Å². The van der Waals surface area contributed by atoms with E-state index in [1.807, 2.05) is 31.2 Å². The Morgan fingerprint density at radius 1 is 1.18 bits per heavy atom. The second-order valence-electron chi connectivity index (χ2n) is 5.70. The SMILES string of the molecule is COC[C@H](C)NC(=S)NNC(=O)c1ccc(CC(C)C)cc1. The van der Waals surface area contributed by atoms with Crippen molar-refractivity contribution in [3.63, 3.8) is 0 Å². The summed E-state index contributed by atoms with van der Waals surface area (Å²) in [6, 6.07) is 7.66. The lowest BCUT2D eigenvalue weighted by atomic mass is 10.0. The maximum atomic E-state index is 12.0. The van der Waals surface area contributed by atoms with E-state index >= 15 is 0 Å². The highest BCUT2D eigenvalue weighted by molar-refractivity contribution is 7.80. The van der Waals surface area contributed by atoms with Crippen molar-refractivity contribution in [1.29, 1.82) is 0 Å². The van der Waals surface area contributed by atoms with Gasteiger partial charge in [-0.15, -0.1) is 0 Å². The molecular formula is C16H25N3O2S. The molecule has 0 bridgehead atoms. The minimum Gasteiger partial charge on any atom is -0.383 e. The average molecular weight is 323 g/mol. The van der Waals surface area contributed by atoms with Gasteiger partial charge in [0.15, 0.2) is 5.11 Å². The van der Waals surface area contributed by atoms with Crippen LogP contribution in [0.3, 0.4) is 0 Å². The Morgan fingerprint density at radius 2 is 1.82 bits per heavy atom. The summed E-state index contributed by atoms with van der Waals surface area (Å²) < 4.78 is 5.00. The summed E-state index contributed by atoms with van der Waals surface area (Å²) in [6.45, 7) is 6.81. The van der Waals surface area contributed by atoms with Gasteiger partial charge >= 0.3 is 0 Å². The topological polar surface area (TPSA) is 62.4 Å². The molecule has 1 aromatic carbocycles. The highest BCUT2D eigenvalue weighted by Gasteiger charge is 2.07. The Bertz CT molecular complexity index is 489. The zero-order chi connectivity index (χ0) is 16.5. The lowest BCUT2D eigenvalue weighted by Crippen LogP contribution is -2.49. The van der Waals surface area contributed by atoms with Gasteiger partial charge in [0.2, 0.25) is 0 Å². The van der Waals surface area contributed by atoms with E-state index in [1.54, 1.807) is 7.11 Å². The first-order chi connectivity index (χ1) is 10.4. The highest BCUT2D eigenvalue weighted by atomic mass is 32.1. The van der Waals surface area contributed by atoms with Gasteiger partial charge < -0.3 is 10.1 Å². The fourth-order valence-corrected chi connectivity index (χ4v) is 2.25. The zero-order valence-corrected chi connectivity index (χ0v) is 14.4. The molecule has 3 N–H and O–H groups in total. The Balaban J connectivity index is 2.43. The predicted molar refractivity (Wildman–Crippen MR) is 92.7 cm³/mol. The van der Waals surface area contributed by atoms with Crippen LogP contribution in [0.4, 0.5) is 0 Å². The van der Waals surface area contributed by atoms with Crippen LogP contribution >= 0.6 is 12.2 Å². The molecule has 1 rings (SSSR count). The maximum absolute atomic E-state index is 12.0. The normalized spacial score (nSPS) is 11.9. The molecule has 1 atom stereocenters. The summed E-state index contributed by atoms with van der Waals surface area (Å²) in [7, 11) is 1.62. The molecule has 0 spiro atoms. The molecule has 0 aliphatic carbocycles. The Labute approximate surface area is 137 Å². The monoisotopic (exact) mass is 323 g/mol. The van der Waals surface area contributed by atoms with Crippen molar-refractivity contribution in [1.82, 2.24) is 16.2 Å². The smallest absolute Gasteiger partial charge is 0.269 e. The molecule has 0 saturated heterocycles. The molecule has 1 amide bonds. The number of thiocarbonyl (C=S) groups is 1. The number of ether oxygens (including phenoxy) is 1. The Hall–Kier alpha value is -1.66. The minimum atomic E-state index is -0.223. The summed E-state index contributed by atoms with van der Waals surface area (Å²) >= 11 is 5.09. The first kappa shape index (κ1) is 18.4. The second kappa shape index (κ2) is 9.38. The summed E-state index contributed by atoms with van der Waals surface area (Å²) in [5, 5.41) is 3.35. The van der Waals surface area contributed by atoms with Crippen molar-refractivity contribution in [2.45, 2.75) is 33.2 Å². The molecule has 0 fully saturated rings. The molecule has 0 radical (unpaired) electrons. The van der Waals surface area contributed by atoms with Crippen LogP contribution in [-0.2, 0) is 11.2 Å². The molecule has 22 heavy (non-hydrogen) atoms. The van der Waals surface area contributed by atoms with Crippen LogP contribution in [0.1, 0.15) is 36.7 Å². The number of rotatable bonds is 6. The molecule has 6 heteroatoms. The van der Waals surface area contributed by atoms with E-state index in [0.29, 0.717) is 23.2 Å². The van der Waals surface area contributed by atoms with Gasteiger partial charge in [0.05, 0.1) is 6.61 Å². The molecule has 122 valence electrons. The van der Waals surface area contributed by atoms with Gasteiger partial charge in [-0.2, -0.15) is 0 Å². The first-order valence-electron chi connectivity index (χ1n) is 7.37. The van der Waals surface area contributed by atoms with Gasteiger partial charge in [-0.05, 0) is 49.2 Å². The third kappa shape index (κ3) is 6.87. The number of methoxy groups -OCH3 is 1. The molecule has 1 aromatic rings. The third-order valence-corrected chi connectivity index (χ3v) is 3.16. The van der Waals surface area contributed by atoms with Gasteiger partial charge in [-0.3, -0.25) is 15.6 Å². The van der Waals surface area contributed by atoms with E-state index in [2.05, 4.69) is 30.0 Å². The standard InChI is InChI=1S/C16H25N3O2S/c1-11(2)9-13-5-7-14(8-6-13)15(20)18-19-16(22)17-12(3)10-21-4/h5-8,11-12H,9-10H2,1-4H3,(H,18,20)(H2,17,19,22)/t12-/m0/s1. The Kier molecular flexibility index (Phi) is 7.84. The van der Waals surface area contributed by atoms with Crippen LogP contribution in [0.15, 0.2) is 24.3 Å². The number of hydrogen-bond donors (Lipinski definition) is 3. The quantitative estimate of drug-likeness (QED) is 0.552. The van der Waals surface area contributed by atoms with Gasteiger partial charge in [-0.25, -0.2) is 0 Å². The lowest BCUT2D eigenvalue weighted by Gasteiger charge is -2.16. The summed E-state index contributed by atoms with van der Waals surface area (Å²) in [5.74, 6) is 0.374. The average Bonchev–Trinajstić information content (AvgIpc) is 2.45. The van der Waals surface area contributed by atoms with Crippen molar-refractivity contribution >= 4 is 23.2 Å². The van der Waals surface area contributed by atoms with E-state index < -0.39 is 0 Å². The van der Waals surface area contributed by atoms with Crippen LogP contribution in [0.5, 0.6) is 0 Å². The minimum absolute atomic E-state index is 0.0669. The second-order valence-corrected chi connectivity index (χ2v) is 6.11. The van der Waals surface area contributed by atoms with Crippen molar-refractivity contribution in [2.24, 2.45) is 5.92 Å². The van der Waals surface area contributed by atoms with Crippen molar-refractivity contribution in [3.05, 3.63) is 35.4 Å². The van der Waals surface area contributed by atoms with E-state index in [1.165, 1.54) is 5.56 Å². The number of amides is 1. The Morgan fingerprint density at radius 3 is 2.36 bits per heavy atom. The van der Waals surface area contributed by atoms with E-state index in [0.717, 1.165) is 6.42 Å². The van der Waals surface area contributed by atoms with Gasteiger partial charge in [0, 0.05) is 18.7 Å². The highest BCUT2D eigenvalue weighted by Crippen LogP contribution is 2.09. The first-order valence-corrected chi connectivity index (χ1v) is 7.78. The number of carbonyl (C=O) groups excluding carboxylic acids is 1. The number of hydrogen-bond acceptors (Lipinski definition) is 3. The molecular weight excluding hydrogens is 298 g/mol. The van der Waals surface area contributed by atoms with Gasteiger partial charge in [0.25, 0.3) is 5.91 Å². The number of nitrogens with one attached hydrogen (secondary N) is 3. The van der Waals surface area contributed by atoms with Gasteiger partial charge in [-0.1, -0.05) is 26.0 Å². The molecule has 5 nitrogen and oxygen atoms in total. The maximum Gasteiger partial charge on any atom is 0.269 e. The fraction of sp³-hybridized carbons (Fsp3) is 0.500. The molecule has 0 aromatic heterocycles. The molecule has 0 saturated carbocycles. The van der Waals surface area contributed by atoms with Crippen molar-refractivity contribution in [2.75, 3.05) is 13.7 Å². The number of hydrazine groups is 1. The van der Waals surface area contributed by atoms with Gasteiger partial charge in [0.1, 0.15) is 0 Å². The van der Waals surface area contributed by atoms with E-state index in [9.17, 15) is 4.79 Å². The van der Waals surface area contributed by atoms with Crippen LogP contribution in [0, 0.1) is 5.92 Å². The molecule has 0 aliphatic rings. The largest absolute Gasteiger partial charge is 0.383 e. The summed E-state index contributed by atoms with van der Waals surface area (Å²) in [4.78, 5) is 12.0. The fourth-order valence-electron chi connectivity index (χ4n) is 2.00. The van der Waals surface area contributed by atoms with Crippen molar-refractivity contribution in [3.8, 4) is 0 Å². The summed E-state index contributed by atoms with van der Waals surface area (Å²) in [6.07, 6.45) is 1.01. The van der Waals surface area contributed by atoms with Crippen molar-refractivity contribution < 1.29 is 9.53 Å². The zero-order valence-electron chi connectivity index (χ0n) is 13.6.